The Morgan fingerprint density at radius 3 is 2.92 bits per heavy atom. The van der Waals surface area contributed by atoms with E-state index in [0.29, 0.717) is 77.3 Å². The van der Waals surface area contributed by atoms with Gasteiger partial charge >= 0.3 is 0 Å². The molecular formula is C25H27N5O6. The van der Waals surface area contributed by atoms with Gasteiger partial charge in [0.15, 0.2) is 11.5 Å². The molecule has 2 aromatic heterocycles. The SMILES string of the molecule is O=C(NCC1CCN(C(=O)CO)C1)c1c[nH]c2c(-c3c(OCC4CC4)ccc4c3OCO4)ncnc12. The summed E-state index contributed by atoms with van der Waals surface area (Å²) in [6.45, 7) is 1.78. The van der Waals surface area contributed by atoms with E-state index in [1.54, 1.807) is 11.1 Å². The van der Waals surface area contributed by atoms with Crippen molar-refractivity contribution in [2.45, 2.75) is 19.3 Å². The van der Waals surface area contributed by atoms with E-state index in [4.69, 9.17) is 19.3 Å². The molecule has 11 heteroatoms. The molecular weight excluding hydrogens is 466 g/mol. The minimum absolute atomic E-state index is 0.115. The number of H-pyrrole nitrogens is 1. The lowest BCUT2D eigenvalue weighted by Gasteiger charge is -2.15. The second kappa shape index (κ2) is 9.30. The molecule has 1 aliphatic carbocycles. The summed E-state index contributed by atoms with van der Waals surface area (Å²) in [5, 5.41) is 12.0. The molecule has 3 aliphatic rings. The Balaban J connectivity index is 1.26. The number of aliphatic hydroxyl groups is 1. The molecule has 3 aromatic rings. The summed E-state index contributed by atoms with van der Waals surface area (Å²) in [6, 6.07) is 3.69. The zero-order valence-electron chi connectivity index (χ0n) is 19.7. The van der Waals surface area contributed by atoms with Crippen molar-refractivity contribution in [2.75, 3.05) is 39.6 Å². The lowest BCUT2D eigenvalue weighted by molar-refractivity contribution is -0.133. The van der Waals surface area contributed by atoms with Crippen LogP contribution in [0.5, 0.6) is 17.2 Å². The Morgan fingerprint density at radius 1 is 1.19 bits per heavy atom. The smallest absolute Gasteiger partial charge is 0.255 e. The molecule has 2 fully saturated rings. The van der Waals surface area contributed by atoms with E-state index in [9.17, 15) is 9.59 Å². The number of fused-ring (bicyclic) bond motifs is 2. The number of carbonyl (C=O) groups excluding carboxylic acids is 2. The molecule has 0 spiro atoms. The summed E-state index contributed by atoms with van der Waals surface area (Å²) in [6.07, 6.45) is 6.17. The van der Waals surface area contributed by atoms with Gasteiger partial charge in [0.2, 0.25) is 12.7 Å². The van der Waals surface area contributed by atoms with Gasteiger partial charge in [0.1, 0.15) is 29.9 Å². The average Bonchev–Trinajstić information content (AvgIpc) is 3.27. The topological polar surface area (TPSA) is 139 Å². The number of carbonyl (C=O) groups is 2. The second-order valence-corrected chi connectivity index (χ2v) is 9.44. The Labute approximate surface area is 206 Å². The van der Waals surface area contributed by atoms with E-state index in [1.165, 1.54) is 19.2 Å². The van der Waals surface area contributed by atoms with Crippen LogP contribution >= 0.6 is 0 Å². The molecule has 2 aliphatic heterocycles. The van der Waals surface area contributed by atoms with Gasteiger partial charge in [-0.15, -0.1) is 0 Å². The van der Waals surface area contributed by atoms with Crippen LogP contribution in [-0.2, 0) is 4.79 Å². The van der Waals surface area contributed by atoms with E-state index in [2.05, 4.69) is 20.3 Å². The third-order valence-electron chi connectivity index (χ3n) is 6.94. The van der Waals surface area contributed by atoms with Gasteiger partial charge in [0, 0.05) is 25.8 Å². The van der Waals surface area contributed by atoms with E-state index in [1.807, 2.05) is 12.1 Å². The van der Waals surface area contributed by atoms with Gasteiger partial charge in [-0.3, -0.25) is 9.59 Å². The first-order valence-electron chi connectivity index (χ1n) is 12.2. The maximum atomic E-state index is 13.1. The third-order valence-corrected chi connectivity index (χ3v) is 6.94. The number of rotatable bonds is 8. The first-order chi connectivity index (χ1) is 17.6. The van der Waals surface area contributed by atoms with E-state index < -0.39 is 6.61 Å². The predicted octanol–water partition coefficient (Wildman–Crippen LogP) is 1.71. The highest BCUT2D eigenvalue weighted by atomic mass is 16.7. The zero-order valence-corrected chi connectivity index (χ0v) is 19.7. The number of benzene rings is 1. The van der Waals surface area contributed by atoms with Crippen LogP contribution in [-0.4, -0.2) is 76.4 Å². The number of aromatic amines is 1. The Bertz CT molecular complexity index is 1320. The Hall–Kier alpha value is -3.86. The minimum Gasteiger partial charge on any atom is -0.492 e. The molecule has 1 saturated carbocycles. The van der Waals surface area contributed by atoms with Crippen LogP contribution in [0.2, 0.25) is 0 Å². The highest BCUT2D eigenvalue weighted by Gasteiger charge is 2.30. The number of likely N-dealkylation sites (tertiary alicyclic amines) is 1. The van der Waals surface area contributed by atoms with E-state index in [0.717, 1.165) is 6.42 Å². The predicted molar refractivity (Wildman–Crippen MR) is 128 cm³/mol. The monoisotopic (exact) mass is 493 g/mol. The Kier molecular flexibility index (Phi) is 5.84. The summed E-state index contributed by atoms with van der Waals surface area (Å²) < 4.78 is 17.5. The van der Waals surface area contributed by atoms with Gasteiger partial charge in [-0.05, 0) is 43.2 Å². The summed E-state index contributed by atoms with van der Waals surface area (Å²) >= 11 is 0. The number of aliphatic hydroxyl groups excluding tert-OH is 1. The molecule has 2 amide bonds. The molecule has 1 atom stereocenters. The lowest BCUT2D eigenvalue weighted by atomic mass is 10.1. The normalized spacial score (nSPS) is 18.6. The number of hydrogen-bond acceptors (Lipinski definition) is 8. The van der Waals surface area contributed by atoms with Crippen molar-refractivity contribution in [3.63, 3.8) is 0 Å². The highest BCUT2D eigenvalue weighted by Crippen LogP contribution is 2.48. The van der Waals surface area contributed by atoms with Crippen LogP contribution in [0.4, 0.5) is 0 Å². The molecule has 6 rings (SSSR count). The van der Waals surface area contributed by atoms with E-state index in [-0.39, 0.29) is 24.5 Å². The maximum Gasteiger partial charge on any atom is 0.255 e. The van der Waals surface area contributed by atoms with Gasteiger partial charge in [-0.2, -0.15) is 0 Å². The molecule has 1 saturated heterocycles. The number of nitrogens with one attached hydrogen (secondary N) is 2. The molecule has 188 valence electrons. The van der Waals surface area contributed by atoms with Gasteiger partial charge in [-0.1, -0.05) is 0 Å². The molecule has 1 aromatic carbocycles. The second-order valence-electron chi connectivity index (χ2n) is 9.44. The van der Waals surface area contributed by atoms with Crippen LogP contribution in [0.25, 0.3) is 22.3 Å². The van der Waals surface area contributed by atoms with Crippen molar-refractivity contribution in [2.24, 2.45) is 11.8 Å². The van der Waals surface area contributed by atoms with Crippen LogP contribution in [0.1, 0.15) is 29.6 Å². The lowest BCUT2D eigenvalue weighted by Crippen LogP contribution is -2.34. The summed E-state index contributed by atoms with van der Waals surface area (Å²) in [7, 11) is 0. The fourth-order valence-corrected chi connectivity index (χ4v) is 4.75. The summed E-state index contributed by atoms with van der Waals surface area (Å²) in [5.74, 6) is 1.98. The van der Waals surface area contributed by atoms with Crippen LogP contribution < -0.4 is 19.5 Å². The van der Waals surface area contributed by atoms with Crippen molar-refractivity contribution in [3.05, 3.63) is 30.2 Å². The standard InChI is InChI=1S/C25H27N5O6/c31-10-19(32)30-6-5-15(9-30)7-27-25(33)16-8-26-23-21(16)28-12-29-22(23)20-17(34-11-14-1-2-14)3-4-18-24(20)36-13-35-18/h3-4,8,12,14-15,26,31H,1-2,5-7,9-11,13H2,(H,27,33). The number of nitrogens with zero attached hydrogens (tertiary/aromatic N) is 3. The van der Waals surface area contributed by atoms with E-state index >= 15 is 0 Å². The largest absolute Gasteiger partial charge is 0.492 e. The maximum absolute atomic E-state index is 13.1. The molecule has 1 unspecified atom stereocenters. The van der Waals surface area contributed by atoms with Gasteiger partial charge in [0.05, 0.1) is 23.3 Å². The van der Waals surface area contributed by atoms with Gasteiger partial charge in [0.25, 0.3) is 5.91 Å². The third kappa shape index (κ3) is 4.19. The number of amides is 2. The quantitative estimate of drug-likeness (QED) is 0.431. The van der Waals surface area contributed by atoms with Crippen molar-refractivity contribution >= 4 is 22.8 Å². The fourth-order valence-electron chi connectivity index (χ4n) is 4.75. The number of hydrogen-bond donors (Lipinski definition) is 3. The van der Waals surface area contributed by atoms with Crippen molar-refractivity contribution < 1.29 is 28.9 Å². The van der Waals surface area contributed by atoms with Gasteiger partial charge in [-0.25, -0.2) is 9.97 Å². The molecule has 36 heavy (non-hydrogen) atoms. The zero-order chi connectivity index (χ0) is 24.6. The number of aromatic nitrogens is 3. The molecule has 3 N–H and O–H groups in total. The van der Waals surface area contributed by atoms with Crippen molar-refractivity contribution in [1.29, 1.82) is 0 Å². The molecule has 4 heterocycles. The first-order valence-corrected chi connectivity index (χ1v) is 12.2. The molecule has 0 radical (unpaired) electrons. The van der Waals surface area contributed by atoms with Crippen molar-refractivity contribution in [1.82, 2.24) is 25.2 Å². The van der Waals surface area contributed by atoms with Gasteiger partial charge < -0.3 is 34.5 Å². The molecule has 11 nitrogen and oxygen atoms in total. The summed E-state index contributed by atoms with van der Waals surface area (Å²) in [4.78, 5) is 38.5. The number of ether oxygens (including phenoxy) is 3. The highest BCUT2D eigenvalue weighted by molar-refractivity contribution is 6.08. The minimum atomic E-state index is -0.494. The van der Waals surface area contributed by atoms with Crippen molar-refractivity contribution in [3.8, 4) is 28.5 Å². The average molecular weight is 494 g/mol. The van der Waals surface area contributed by atoms with Crippen LogP contribution in [0.15, 0.2) is 24.7 Å². The van der Waals surface area contributed by atoms with Crippen LogP contribution in [0, 0.1) is 11.8 Å². The Morgan fingerprint density at radius 2 is 2.08 bits per heavy atom. The summed E-state index contributed by atoms with van der Waals surface area (Å²) in [5.41, 5.74) is 2.74. The molecule has 0 bridgehead atoms. The van der Waals surface area contributed by atoms with Crippen LogP contribution in [0.3, 0.4) is 0 Å². The first kappa shape index (κ1) is 22.6. The fraction of sp³-hybridized carbons (Fsp3) is 0.440.